The van der Waals surface area contributed by atoms with E-state index < -0.39 is 0 Å². The SMILES string of the molecule is COc1ccc(-c2noc(CCC(=O)N3CCC[C@H]3c3ccncc3)n2)cc1OC. The second kappa shape index (κ2) is 8.94. The van der Waals surface area contributed by atoms with Gasteiger partial charge in [-0.3, -0.25) is 9.78 Å². The van der Waals surface area contributed by atoms with Crippen LogP contribution in [0.1, 0.15) is 36.8 Å². The summed E-state index contributed by atoms with van der Waals surface area (Å²) in [7, 11) is 3.16. The number of hydrogen-bond donors (Lipinski definition) is 0. The number of ether oxygens (including phenoxy) is 2. The Hall–Kier alpha value is -3.42. The number of likely N-dealkylation sites (tertiary alicyclic amines) is 1. The summed E-state index contributed by atoms with van der Waals surface area (Å²) in [5.74, 6) is 2.21. The summed E-state index contributed by atoms with van der Waals surface area (Å²) < 4.78 is 15.9. The van der Waals surface area contributed by atoms with Crippen molar-refractivity contribution in [2.45, 2.75) is 31.7 Å². The van der Waals surface area contributed by atoms with Crippen molar-refractivity contribution in [1.82, 2.24) is 20.0 Å². The Morgan fingerprint density at radius 1 is 1.17 bits per heavy atom. The maximum absolute atomic E-state index is 12.8. The number of carbonyl (C=O) groups excluding carboxylic acids is 1. The van der Waals surface area contributed by atoms with Crippen LogP contribution in [0.2, 0.25) is 0 Å². The van der Waals surface area contributed by atoms with Gasteiger partial charge in [0.15, 0.2) is 11.5 Å². The van der Waals surface area contributed by atoms with Crippen LogP contribution in [0.3, 0.4) is 0 Å². The molecular weight excluding hydrogens is 384 g/mol. The minimum Gasteiger partial charge on any atom is -0.493 e. The smallest absolute Gasteiger partial charge is 0.227 e. The lowest BCUT2D eigenvalue weighted by atomic mass is 10.1. The van der Waals surface area contributed by atoms with E-state index in [1.165, 1.54) is 0 Å². The molecule has 0 bridgehead atoms. The topological polar surface area (TPSA) is 90.6 Å². The Morgan fingerprint density at radius 2 is 1.97 bits per heavy atom. The fourth-order valence-electron chi connectivity index (χ4n) is 3.80. The van der Waals surface area contributed by atoms with E-state index in [2.05, 4.69) is 15.1 Å². The highest BCUT2D eigenvalue weighted by Crippen LogP contribution is 2.33. The van der Waals surface area contributed by atoms with Gasteiger partial charge < -0.3 is 18.9 Å². The van der Waals surface area contributed by atoms with Crippen molar-refractivity contribution in [2.24, 2.45) is 0 Å². The number of hydrogen-bond acceptors (Lipinski definition) is 7. The first kappa shape index (κ1) is 19.9. The largest absolute Gasteiger partial charge is 0.493 e. The van der Waals surface area contributed by atoms with E-state index in [1.54, 1.807) is 38.7 Å². The quantitative estimate of drug-likeness (QED) is 0.591. The molecule has 1 fully saturated rings. The van der Waals surface area contributed by atoms with Crippen LogP contribution in [0.4, 0.5) is 0 Å². The molecule has 1 aliphatic rings. The third-order valence-corrected chi connectivity index (χ3v) is 5.33. The molecule has 30 heavy (non-hydrogen) atoms. The number of carbonyl (C=O) groups is 1. The van der Waals surface area contributed by atoms with Gasteiger partial charge in [-0.2, -0.15) is 4.98 Å². The van der Waals surface area contributed by atoms with Crippen molar-refractivity contribution >= 4 is 5.91 Å². The van der Waals surface area contributed by atoms with E-state index in [1.807, 2.05) is 23.1 Å². The standard InChI is InChI=1S/C22H24N4O4/c1-28-18-6-5-16(14-19(18)29-2)22-24-20(30-25-22)7-8-21(27)26-13-3-4-17(26)15-9-11-23-12-10-15/h5-6,9-12,14,17H,3-4,7-8,13H2,1-2H3/t17-/m0/s1. The fourth-order valence-corrected chi connectivity index (χ4v) is 3.80. The van der Waals surface area contributed by atoms with Gasteiger partial charge in [0.25, 0.3) is 0 Å². The predicted molar refractivity (Wildman–Crippen MR) is 109 cm³/mol. The number of amides is 1. The van der Waals surface area contributed by atoms with Gasteiger partial charge in [0, 0.05) is 37.3 Å². The van der Waals surface area contributed by atoms with Gasteiger partial charge in [-0.05, 0) is 48.7 Å². The summed E-state index contributed by atoms with van der Waals surface area (Å²) in [5, 5.41) is 4.04. The van der Waals surface area contributed by atoms with E-state index in [-0.39, 0.29) is 11.9 Å². The molecule has 3 aromatic rings. The van der Waals surface area contributed by atoms with E-state index in [0.717, 1.165) is 30.5 Å². The van der Waals surface area contributed by atoms with E-state index >= 15 is 0 Å². The lowest BCUT2D eigenvalue weighted by Gasteiger charge is -2.24. The number of pyridine rings is 1. The first-order chi connectivity index (χ1) is 14.7. The first-order valence-corrected chi connectivity index (χ1v) is 9.94. The number of benzene rings is 1. The predicted octanol–water partition coefficient (Wildman–Crippen LogP) is 3.45. The molecule has 0 radical (unpaired) electrons. The Morgan fingerprint density at radius 3 is 2.73 bits per heavy atom. The van der Waals surface area contributed by atoms with Gasteiger partial charge in [-0.25, -0.2) is 0 Å². The maximum Gasteiger partial charge on any atom is 0.227 e. The average Bonchev–Trinajstić information content (AvgIpc) is 3.47. The third-order valence-electron chi connectivity index (χ3n) is 5.33. The lowest BCUT2D eigenvalue weighted by Crippen LogP contribution is -2.30. The highest BCUT2D eigenvalue weighted by molar-refractivity contribution is 5.77. The molecule has 3 heterocycles. The molecule has 156 valence electrons. The van der Waals surface area contributed by atoms with Crippen molar-refractivity contribution in [1.29, 1.82) is 0 Å². The zero-order valence-electron chi connectivity index (χ0n) is 17.1. The van der Waals surface area contributed by atoms with E-state index in [9.17, 15) is 4.79 Å². The summed E-state index contributed by atoms with van der Waals surface area (Å²) in [4.78, 5) is 23.3. The van der Waals surface area contributed by atoms with Gasteiger partial charge in [0.2, 0.25) is 17.6 Å². The van der Waals surface area contributed by atoms with Crippen LogP contribution < -0.4 is 9.47 Å². The minimum atomic E-state index is 0.0974. The molecule has 0 spiro atoms. The molecule has 0 unspecified atom stereocenters. The molecule has 1 atom stereocenters. The normalized spacial score (nSPS) is 15.9. The summed E-state index contributed by atoms with van der Waals surface area (Å²) in [6.07, 6.45) is 6.24. The van der Waals surface area contributed by atoms with Gasteiger partial charge in [-0.15, -0.1) is 0 Å². The van der Waals surface area contributed by atoms with Crippen molar-refractivity contribution < 1.29 is 18.8 Å². The van der Waals surface area contributed by atoms with Crippen molar-refractivity contribution in [3.05, 3.63) is 54.2 Å². The zero-order valence-corrected chi connectivity index (χ0v) is 17.1. The number of rotatable bonds is 7. The summed E-state index contributed by atoms with van der Waals surface area (Å²) >= 11 is 0. The third kappa shape index (κ3) is 4.12. The zero-order chi connectivity index (χ0) is 20.9. The molecule has 8 heteroatoms. The monoisotopic (exact) mass is 408 g/mol. The van der Waals surface area contributed by atoms with Crippen molar-refractivity contribution in [3.8, 4) is 22.9 Å². The fraction of sp³-hybridized carbons (Fsp3) is 0.364. The second-order valence-electron chi connectivity index (χ2n) is 7.11. The van der Waals surface area contributed by atoms with E-state index in [0.29, 0.717) is 36.1 Å². The number of nitrogens with zero attached hydrogens (tertiary/aromatic N) is 4. The molecule has 1 amide bonds. The minimum absolute atomic E-state index is 0.0974. The highest BCUT2D eigenvalue weighted by atomic mass is 16.5. The van der Waals surface area contributed by atoms with E-state index in [4.69, 9.17) is 14.0 Å². The van der Waals surface area contributed by atoms with Crippen LogP contribution in [0.25, 0.3) is 11.4 Å². The molecule has 8 nitrogen and oxygen atoms in total. The summed E-state index contributed by atoms with van der Waals surface area (Å²) in [6.45, 7) is 0.770. The van der Waals surface area contributed by atoms with Gasteiger partial charge in [0.1, 0.15) is 0 Å². The molecule has 0 saturated carbocycles. The molecular formula is C22H24N4O4. The van der Waals surface area contributed by atoms with Gasteiger partial charge >= 0.3 is 0 Å². The molecule has 1 aliphatic heterocycles. The van der Waals surface area contributed by atoms with Gasteiger partial charge in [-0.1, -0.05) is 5.16 Å². The van der Waals surface area contributed by atoms with Crippen LogP contribution in [0, 0.1) is 0 Å². The molecule has 4 rings (SSSR count). The second-order valence-corrected chi connectivity index (χ2v) is 7.11. The lowest BCUT2D eigenvalue weighted by molar-refractivity contribution is -0.132. The molecule has 1 aromatic carbocycles. The number of aromatic nitrogens is 3. The van der Waals surface area contributed by atoms with Crippen LogP contribution in [0.15, 0.2) is 47.2 Å². The molecule has 0 N–H and O–H groups in total. The number of methoxy groups -OCH3 is 2. The molecule has 1 saturated heterocycles. The molecule has 2 aromatic heterocycles. The summed E-state index contributed by atoms with van der Waals surface area (Å²) in [6, 6.07) is 9.49. The van der Waals surface area contributed by atoms with Crippen LogP contribution >= 0.6 is 0 Å². The Bertz CT molecular complexity index is 1010. The Labute approximate surface area is 174 Å². The molecule has 0 aliphatic carbocycles. The first-order valence-electron chi connectivity index (χ1n) is 9.94. The van der Waals surface area contributed by atoms with Crippen molar-refractivity contribution in [2.75, 3.05) is 20.8 Å². The summed E-state index contributed by atoms with van der Waals surface area (Å²) in [5.41, 5.74) is 1.88. The maximum atomic E-state index is 12.8. The van der Waals surface area contributed by atoms with Crippen LogP contribution in [0.5, 0.6) is 11.5 Å². The highest BCUT2D eigenvalue weighted by Gasteiger charge is 2.29. The van der Waals surface area contributed by atoms with Crippen molar-refractivity contribution in [3.63, 3.8) is 0 Å². The van der Waals surface area contributed by atoms with Gasteiger partial charge in [0.05, 0.1) is 20.3 Å². The number of aryl methyl sites for hydroxylation is 1. The Balaban J connectivity index is 1.40. The van der Waals surface area contributed by atoms with Crippen LogP contribution in [-0.4, -0.2) is 46.7 Å². The average molecular weight is 408 g/mol. The van der Waals surface area contributed by atoms with Crippen LogP contribution in [-0.2, 0) is 11.2 Å². The Kier molecular flexibility index (Phi) is 5.92.